The molecule has 0 amide bonds. The smallest absolute Gasteiger partial charge is 0.305 e. The molecule has 1 aromatic carbocycles. The molecule has 1 saturated carbocycles. The van der Waals surface area contributed by atoms with Gasteiger partial charge in [-0.25, -0.2) is 8.78 Å². The molecule has 2 atom stereocenters. The van der Waals surface area contributed by atoms with Crippen LogP contribution < -0.4 is 4.74 Å². The van der Waals surface area contributed by atoms with Crippen LogP contribution in [-0.2, 0) is 10.7 Å². The van der Waals surface area contributed by atoms with E-state index in [1.807, 2.05) is 0 Å². The topological polar surface area (TPSA) is 87.0 Å². The van der Waals surface area contributed by atoms with Gasteiger partial charge in [-0.1, -0.05) is 42.5 Å². The number of benzene rings is 1. The molecule has 0 bridgehead atoms. The molecule has 1 aliphatic carbocycles. The number of ether oxygens (including phenoxy) is 1. The van der Waals surface area contributed by atoms with Crippen LogP contribution in [0.1, 0.15) is 50.5 Å². The van der Waals surface area contributed by atoms with Crippen LogP contribution in [0.4, 0.5) is 8.78 Å². The van der Waals surface area contributed by atoms with E-state index in [1.54, 1.807) is 0 Å². The molecule has 5 nitrogen and oxygen atoms in total. The quantitative estimate of drug-likeness (QED) is 0.520. The molecular weight excluding hydrogens is 417 g/mol. The first kappa shape index (κ1) is 23.1. The molecule has 3 N–H and O–H groups in total. The highest BCUT2D eigenvalue weighted by molar-refractivity contribution is 6.35. The van der Waals surface area contributed by atoms with Gasteiger partial charge in [0.25, 0.3) is 5.92 Å². The number of hydrogen-bond acceptors (Lipinski definition) is 4. The van der Waals surface area contributed by atoms with Gasteiger partial charge in [-0.3, -0.25) is 4.79 Å². The van der Waals surface area contributed by atoms with Crippen LogP contribution in [-0.4, -0.2) is 40.1 Å². The minimum atomic E-state index is -3.20. The summed E-state index contributed by atoms with van der Waals surface area (Å²) in [5.74, 6) is -5.51. The molecule has 0 aromatic heterocycles. The Bertz CT molecular complexity index is 681. The standard InChI is InChI=1S/C19H24Cl2F2O5/c20-12-6-15(19(22,23)11-4-2-1-3-5-11)18(16(21)7-12)28-10-14(25)8-13(24)9-17(26)27/h6-7,11,13-14,24-25H,1-5,8-10H2,(H,26,27)/t13-,14?/m1/s1. The molecule has 0 radical (unpaired) electrons. The van der Waals surface area contributed by atoms with E-state index in [0.29, 0.717) is 12.8 Å². The normalized spacial score (nSPS) is 17.9. The van der Waals surface area contributed by atoms with Crippen LogP contribution in [0.25, 0.3) is 0 Å². The fourth-order valence-electron chi connectivity index (χ4n) is 3.49. The first-order valence-corrected chi connectivity index (χ1v) is 9.95. The van der Waals surface area contributed by atoms with Crippen molar-refractivity contribution in [1.82, 2.24) is 0 Å². The Kier molecular flexibility index (Phi) is 8.30. The number of carboxylic acids is 1. The number of alkyl halides is 2. The predicted octanol–water partition coefficient (Wildman–Crippen LogP) is 4.63. The maximum Gasteiger partial charge on any atom is 0.305 e. The second-order valence-corrected chi connectivity index (χ2v) is 8.02. The Morgan fingerprint density at radius 2 is 1.82 bits per heavy atom. The molecule has 1 unspecified atom stereocenters. The second-order valence-electron chi connectivity index (χ2n) is 7.17. The summed E-state index contributed by atoms with van der Waals surface area (Å²) in [5, 5.41) is 28.1. The molecule has 1 fully saturated rings. The minimum absolute atomic E-state index is 0.0558. The van der Waals surface area contributed by atoms with Gasteiger partial charge >= 0.3 is 5.97 Å². The SMILES string of the molecule is O=C(O)C[C@H](O)CC(O)COc1c(Cl)cc(Cl)cc1C(F)(F)C1CCCCC1. The summed E-state index contributed by atoms with van der Waals surface area (Å²) in [5.41, 5.74) is -0.421. The Balaban J connectivity index is 2.16. The summed E-state index contributed by atoms with van der Waals surface area (Å²) >= 11 is 12.0. The van der Waals surface area contributed by atoms with Crippen molar-refractivity contribution in [3.8, 4) is 5.75 Å². The van der Waals surface area contributed by atoms with Crippen LogP contribution in [0.15, 0.2) is 12.1 Å². The minimum Gasteiger partial charge on any atom is -0.489 e. The van der Waals surface area contributed by atoms with Gasteiger partial charge in [0, 0.05) is 17.4 Å². The van der Waals surface area contributed by atoms with E-state index in [9.17, 15) is 15.0 Å². The van der Waals surface area contributed by atoms with Crippen LogP contribution in [0, 0.1) is 5.92 Å². The van der Waals surface area contributed by atoms with Gasteiger partial charge in [0.1, 0.15) is 12.4 Å². The zero-order valence-electron chi connectivity index (χ0n) is 15.2. The second kappa shape index (κ2) is 10.1. The Hall–Kier alpha value is -1.15. The number of carbonyl (C=O) groups is 1. The predicted molar refractivity (Wildman–Crippen MR) is 101 cm³/mol. The summed E-state index contributed by atoms with van der Waals surface area (Å²) in [6, 6.07) is 2.41. The fourth-order valence-corrected chi connectivity index (χ4v) is 4.03. The lowest BCUT2D eigenvalue weighted by atomic mass is 9.81. The summed E-state index contributed by atoms with van der Waals surface area (Å²) in [7, 11) is 0. The van der Waals surface area contributed by atoms with Gasteiger partial charge in [-0.15, -0.1) is 0 Å². The number of aliphatic hydroxyl groups excluding tert-OH is 2. The zero-order valence-corrected chi connectivity index (χ0v) is 16.7. The summed E-state index contributed by atoms with van der Waals surface area (Å²) in [6.45, 7) is -0.425. The number of halogens is 4. The van der Waals surface area contributed by atoms with Crippen molar-refractivity contribution in [1.29, 1.82) is 0 Å². The third-order valence-corrected chi connectivity index (χ3v) is 5.36. The molecule has 1 aliphatic rings. The average Bonchev–Trinajstić information content (AvgIpc) is 2.60. The van der Waals surface area contributed by atoms with E-state index >= 15 is 8.78 Å². The molecule has 9 heteroatoms. The molecule has 0 heterocycles. The molecule has 0 spiro atoms. The number of rotatable bonds is 9. The average molecular weight is 441 g/mol. The van der Waals surface area contributed by atoms with Crippen molar-refractivity contribution in [3.05, 3.63) is 27.7 Å². The third kappa shape index (κ3) is 6.17. The highest BCUT2D eigenvalue weighted by Gasteiger charge is 2.44. The summed E-state index contributed by atoms with van der Waals surface area (Å²) < 4.78 is 35.7. The summed E-state index contributed by atoms with van der Waals surface area (Å²) in [4.78, 5) is 10.6. The van der Waals surface area contributed by atoms with Crippen molar-refractivity contribution in [2.75, 3.05) is 6.61 Å². The van der Waals surface area contributed by atoms with Gasteiger partial charge in [-0.2, -0.15) is 0 Å². The molecule has 2 rings (SSSR count). The van der Waals surface area contributed by atoms with Gasteiger partial charge in [0.15, 0.2) is 0 Å². The van der Waals surface area contributed by atoms with Crippen LogP contribution in [0.2, 0.25) is 10.0 Å². The van der Waals surface area contributed by atoms with Crippen LogP contribution in [0.5, 0.6) is 5.75 Å². The number of carboxylic acid groups (broad SMARTS) is 1. The van der Waals surface area contributed by atoms with Crippen molar-refractivity contribution >= 4 is 29.2 Å². The fraction of sp³-hybridized carbons (Fsp3) is 0.632. The summed E-state index contributed by atoms with van der Waals surface area (Å²) in [6.07, 6.45) is -0.179. The van der Waals surface area contributed by atoms with Gasteiger partial charge < -0.3 is 20.1 Å². The van der Waals surface area contributed by atoms with Gasteiger partial charge in [0.2, 0.25) is 0 Å². The number of aliphatic carboxylic acids is 1. The van der Waals surface area contributed by atoms with Gasteiger partial charge in [-0.05, 0) is 25.0 Å². The maximum atomic E-state index is 15.2. The number of hydrogen-bond donors (Lipinski definition) is 3. The van der Waals surface area contributed by atoms with E-state index in [2.05, 4.69) is 0 Å². The maximum absolute atomic E-state index is 15.2. The zero-order chi connectivity index (χ0) is 20.9. The largest absolute Gasteiger partial charge is 0.489 e. The van der Waals surface area contributed by atoms with Crippen LogP contribution >= 0.6 is 23.2 Å². The lowest BCUT2D eigenvalue weighted by Gasteiger charge is -2.31. The first-order valence-electron chi connectivity index (χ1n) is 9.19. The van der Waals surface area contributed by atoms with Crippen LogP contribution in [0.3, 0.4) is 0 Å². The number of aliphatic hydroxyl groups is 2. The Labute approximate surface area is 172 Å². The lowest BCUT2D eigenvalue weighted by Crippen LogP contribution is -2.30. The van der Waals surface area contributed by atoms with Crippen molar-refractivity contribution in [3.63, 3.8) is 0 Å². The monoisotopic (exact) mass is 440 g/mol. The molecule has 0 saturated heterocycles. The molecule has 28 heavy (non-hydrogen) atoms. The molecule has 0 aliphatic heterocycles. The van der Waals surface area contributed by atoms with Crippen molar-refractivity contribution < 1.29 is 33.6 Å². The first-order chi connectivity index (χ1) is 13.1. The van der Waals surface area contributed by atoms with Crippen molar-refractivity contribution in [2.45, 2.75) is 63.1 Å². The van der Waals surface area contributed by atoms with E-state index in [1.165, 1.54) is 6.07 Å². The highest BCUT2D eigenvalue weighted by Crippen LogP contribution is 2.49. The van der Waals surface area contributed by atoms with E-state index in [0.717, 1.165) is 25.3 Å². The van der Waals surface area contributed by atoms with Crippen molar-refractivity contribution in [2.24, 2.45) is 5.92 Å². The van der Waals surface area contributed by atoms with E-state index < -0.39 is 48.6 Å². The van der Waals surface area contributed by atoms with Gasteiger partial charge in [0.05, 0.1) is 29.2 Å². The Morgan fingerprint density at radius 1 is 1.18 bits per heavy atom. The molecule has 158 valence electrons. The molecular formula is C19H24Cl2F2O5. The Morgan fingerprint density at radius 3 is 2.43 bits per heavy atom. The van der Waals surface area contributed by atoms with E-state index in [4.69, 9.17) is 33.0 Å². The highest BCUT2D eigenvalue weighted by atomic mass is 35.5. The van der Waals surface area contributed by atoms with E-state index in [-0.39, 0.29) is 22.2 Å². The third-order valence-electron chi connectivity index (χ3n) is 4.86. The lowest BCUT2D eigenvalue weighted by molar-refractivity contribution is -0.139. The molecule has 1 aromatic rings.